The molecule has 2 aromatic rings. The fraction of sp³-hybridized carbons (Fsp3) is 0.235. The summed E-state index contributed by atoms with van der Waals surface area (Å²) in [7, 11) is 1.36. The fourth-order valence-electron chi connectivity index (χ4n) is 2.16. The number of rotatable bonds is 7. The first-order chi connectivity index (χ1) is 12.8. The number of nitro groups is 1. The lowest BCUT2D eigenvalue weighted by atomic mass is 10.1. The maximum Gasteiger partial charge on any atom is 0.416 e. The molecular weight excluding hydrogens is 367 g/mol. The smallest absolute Gasteiger partial charge is 0.416 e. The Balaban J connectivity index is 2.24. The number of nitro benzene ring substituents is 1. The number of nitrogens with one attached hydrogen (secondary N) is 1. The van der Waals surface area contributed by atoms with E-state index in [2.05, 4.69) is 10.5 Å². The normalized spacial score (nSPS) is 11.4. The predicted molar refractivity (Wildman–Crippen MR) is 93.5 cm³/mol. The number of hydrazone groups is 1. The van der Waals surface area contributed by atoms with Crippen molar-refractivity contribution in [2.24, 2.45) is 5.10 Å². The number of ether oxygens (including phenoxy) is 2. The number of nitrogens with zero attached hydrogens (tertiary/aromatic N) is 2. The molecule has 0 aliphatic heterocycles. The molecule has 0 amide bonds. The van der Waals surface area contributed by atoms with Gasteiger partial charge in [0.25, 0.3) is 5.69 Å². The number of hydrogen-bond donors (Lipinski definition) is 1. The number of methoxy groups -OCH3 is 1. The number of alkyl halides is 3. The number of halogens is 3. The molecule has 0 aliphatic carbocycles. The van der Waals surface area contributed by atoms with Crippen LogP contribution in [0.5, 0.6) is 11.5 Å². The first kappa shape index (κ1) is 20.0. The van der Waals surface area contributed by atoms with E-state index >= 15 is 0 Å². The standard InChI is InChI=1S/C17H16F3N3O4/c1-3-27-16-8-11(14(23(24)25)9-15(16)26-2)10-21-22-13-6-4-12(5-7-13)17(18,19)20/h4-10,22H,3H2,1-2H3. The molecule has 27 heavy (non-hydrogen) atoms. The van der Waals surface area contributed by atoms with Gasteiger partial charge in [-0.1, -0.05) is 0 Å². The molecule has 0 spiro atoms. The lowest BCUT2D eigenvalue weighted by Gasteiger charge is -2.10. The Morgan fingerprint density at radius 1 is 1.22 bits per heavy atom. The molecule has 10 heteroatoms. The second-order valence-corrected chi connectivity index (χ2v) is 5.20. The van der Waals surface area contributed by atoms with Gasteiger partial charge in [-0.2, -0.15) is 18.3 Å². The Morgan fingerprint density at radius 3 is 2.41 bits per heavy atom. The minimum Gasteiger partial charge on any atom is -0.493 e. The van der Waals surface area contributed by atoms with E-state index in [9.17, 15) is 23.3 Å². The maximum atomic E-state index is 12.5. The number of anilines is 1. The van der Waals surface area contributed by atoms with Crippen LogP contribution in [0.15, 0.2) is 41.5 Å². The van der Waals surface area contributed by atoms with Crippen LogP contribution < -0.4 is 14.9 Å². The highest BCUT2D eigenvalue weighted by molar-refractivity contribution is 5.87. The highest BCUT2D eigenvalue weighted by Gasteiger charge is 2.29. The van der Waals surface area contributed by atoms with E-state index in [4.69, 9.17) is 9.47 Å². The van der Waals surface area contributed by atoms with Gasteiger partial charge in [0.2, 0.25) is 0 Å². The molecule has 144 valence electrons. The first-order valence-corrected chi connectivity index (χ1v) is 7.71. The Labute approximate surface area is 152 Å². The molecule has 0 saturated heterocycles. The minimum absolute atomic E-state index is 0.142. The molecule has 7 nitrogen and oxygen atoms in total. The Hall–Kier alpha value is -3.30. The molecule has 0 unspecified atom stereocenters. The van der Waals surface area contributed by atoms with Crippen molar-refractivity contribution in [3.05, 3.63) is 57.6 Å². The molecule has 1 N–H and O–H groups in total. The van der Waals surface area contributed by atoms with Crippen molar-refractivity contribution < 1.29 is 27.6 Å². The fourth-order valence-corrected chi connectivity index (χ4v) is 2.16. The quantitative estimate of drug-likeness (QED) is 0.433. The van der Waals surface area contributed by atoms with Crippen LogP contribution in [0.25, 0.3) is 0 Å². The summed E-state index contributed by atoms with van der Waals surface area (Å²) in [6, 6.07) is 6.83. The van der Waals surface area contributed by atoms with Gasteiger partial charge in [-0.15, -0.1) is 0 Å². The summed E-state index contributed by atoms with van der Waals surface area (Å²) >= 11 is 0. The highest BCUT2D eigenvalue weighted by Crippen LogP contribution is 2.34. The van der Waals surface area contributed by atoms with Gasteiger partial charge in [0.15, 0.2) is 11.5 Å². The van der Waals surface area contributed by atoms with Crippen LogP contribution in [-0.2, 0) is 6.18 Å². The number of hydrogen-bond acceptors (Lipinski definition) is 6. The topological polar surface area (TPSA) is 86.0 Å². The summed E-state index contributed by atoms with van der Waals surface area (Å²) in [5, 5.41) is 15.1. The van der Waals surface area contributed by atoms with Crippen LogP contribution in [0, 0.1) is 10.1 Å². The maximum absolute atomic E-state index is 12.5. The molecule has 0 aliphatic rings. The van der Waals surface area contributed by atoms with E-state index in [1.54, 1.807) is 6.92 Å². The zero-order valence-corrected chi connectivity index (χ0v) is 14.4. The summed E-state index contributed by atoms with van der Waals surface area (Å²) in [6.07, 6.45) is -3.25. The van der Waals surface area contributed by atoms with Crippen LogP contribution >= 0.6 is 0 Å². The predicted octanol–water partition coefficient (Wildman–Crippen LogP) is 4.47. The molecule has 2 rings (SSSR count). The van der Waals surface area contributed by atoms with E-state index in [1.807, 2.05) is 0 Å². The van der Waals surface area contributed by atoms with Crippen molar-refractivity contribution in [2.75, 3.05) is 19.1 Å². The summed E-state index contributed by atoms with van der Waals surface area (Å²) in [4.78, 5) is 10.6. The van der Waals surface area contributed by atoms with Crippen LogP contribution in [-0.4, -0.2) is 24.9 Å². The Bertz CT molecular complexity index is 837. The van der Waals surface area contributed by atoms with Crippen molar-refractivity contribution in [3.8, 4) is 11.5 Å². The summed E-state index contributed by atoms with van der Waals surface area (Å²) in [6.45, 7) is 2.08. The second-order valence-electron chi connectivity index (χ2n) is 5.20. The molecule has 0 heterocycles. The van der Waals surface area contributed by atoms with Crippen molar-refractivity contribution in [1.82, 2.24) is 0 Å². The summed E-state index contributed by atoms with van der Waals surface area (Å²) in [5.74, 6) is 0.512. The van der Waals surface area contributed by atoms with Gasteiger partial charge in [0.1, 0.15) is 0 Å². The van der Waals surface area contributed by atoms with Crippen LogP contribution in [0.3, 0.4) is 0 Å². The number of benzene rings is 2. The highest BCUT2D eigenvalue weighted by atomic mass is 19.4. The van der Waals surface area contributed by atoms with Gasteiger partial charge in [-0.3, -0.25) is 15.5 Å². The van der Waals surface area contributed by atoms with Gasteiger partial charge in [0, 0.05) is 0 Å². The van der Waals surface area contributed by atoms with Crippen LogP contribution in [0.4, 0.5) is 24.5 Å². The van der Waals surface area contributed by atoms with Crippen LogP contribution in [0.1, 0.15) is 18.1 Å². The summed E-state index contributed by atoms with van der Waals surface area (Å²) in [5.41, 5.74) is 1.92. The van der Waals surface area contributed by atoms with E-state index < -0.39 is 16.7 Å². The van der Waals surface area contributed by atoms with Crippen molar-refractivity contribution in [1.29, 1.82) is 0 Å². The zero-order chi connectivity index (χ0) is 20.0. The van der Waals surface area contributed by atoms with Gasteiger partial charge in [-0.25, -0.2) is 0 Å². The second kappa shape index (κ2) is 8.39. The Morgan fingerprint density at radius 2 is 1.89 bits per heavy atom. The monoisotopic (exact) mass is 383 g/mol. The first-order valence-electron chi connectivity index (χ1n) is 7.71. The zero-order valence-electron chi connectivity index (χ0n) is 14.4. The van der Waals surface area contributed by atoms with Gasteiger partial charge in [0.05, 0.1) is 47.7 Å². The molecular formula is C17H16F3N3O4. The molecule has 0 saturated carbocycles. The minimum atomic E-state index is -4.43. The van der Waals surface area contributed by atoms with E-state index in [1.165, 1.54) is 37.6 Å². The largest absolute Gasteiger partial charge is 0.493 e. The summed E-state index contributed by atoms with van der Waals surface area (Å²) < 4.78 is 48.1. The third kappa shape index (κ3) is 5.09. The lowest BCUT2D eigenvalue weighted by Crippen LogP contribution is -2.04. The Kier molecular flexibility index (Phi) is 6.22. The van der Waals surface area contributed by atoms with E-state index in [0.717, 1.165) is 12.1 Å². The van der Waals surface area contributed by atoms with E-state index in [-0.39, 0.29) is 17.0 Å². The molecule has 0 bridgehead atoms. The molecule has 2 aromatic carbocycles. The average Bonchev–Trinajstić information content (AvgIpc) is 2.61. The van der Waals surface area contributed by atoms with Crippen molar-refractivity contribution in [3.63, 3.8) is 0 Å². The van der Waals surface area contributed by atoms with Gasteiger partial charge in [-0.05, 0) is 37.3 Å². The molecule has 0 radical (unpaired) electrons. The molecule has 0 aromatic heterocycles. The molecule has 0 atom stereocenters. The average molecular weight is 383 g/mol. The van der Waals surface area contributed by atoms with Gasteiger partial charge < -0.3 is 9.47 Å². The van der Waals surface area contributed by atoms with Crippen molar-refractivity contribution >= 4 is 17.6 Å². The third-order valence-corrected chi connectivity index (χ3v) is 3.42. The van der Waals surface area contributed by atoms with Crippen molar-refractivity contribution in [2.45, 2.75) is 13.1 Å². The molecule has 0 fully saturated rings. The third-order valence-electron chi connectivity index (χ3n) is 3.42. The van der Waals surface area contributed by atoms with Crippen LogP contribution in [0.2, 0.25) is 0 Å². The SMILES string of the molecule is CCOc1cc(C=NNc2ccc(C(F)(F)F)cc2)c([N+](=O)[O-])cc1OC. The van der Waals surface area contributed by atoms with E-state index in [0.29, 0.717) is 18.0 Å². The van der Waals surface area contributed by atoms with Gasteiger partial charge >= 0.3 is 6.18 Å². The lowest BCUT2D eigenvalue weighted by molar-refractivity contribution is -0.385.